The van der Waals surface area contributed by atoms with Gasteiger partial charge in [0.05, 0.1) is 0 Å². The molecule has 2 atom stereocenters. The predicted molar refractivity (Wildman–Crippen MR) is 58.6 cm³/mol. The third-order valence-corrected chi connectivity index (χ3v) is 3.12. The maximum atomic E-state index is 12.1. The largest absolute Gasteiger partial charge is 0.336 e. The van der Waals surface area contributed by atoms with E-state index in [0.717, 1.165) is 0 Å². The minimum atomic E-state index is -0.788. The molecule has 2 rings (SSSR count). The van der Waals surface area contributed by atoms with Gasteiger partial charge in [-0.05, 0) is 19.8 Å². The van der Waals surface area contributed by atoms with Crippen LogP contribution in [0.5, 0.6) is 0 Å². The first-order chi connectivity index (χ1) is 8.02. The topological polar surface area (TPSA) is 95.7 Å². The molecule has 3 amide bonds. The SMILES string of the molecule is CC(=O)C1CCCN2C(=O)NCC(N)C(=O)N12. The Bertz CT molecular complexity index is 371. The number of nitrogens with zero attached hydrogens (tertiary/aromatic N) is 2. The normalized spacial score (nSPS) is 29.5. The number of Topliss-reactive ketones (excluding diaryl/α,β-unsaturated/α-hetero) is 1. The zero-order valence-corrected chi connectivity index (χ0v) is 9.68. The minimum Gasteiger partial charge on any atom is -0.334 e. The van der Waals surface area contributed by atoms with Gasteiger partial charge in [-0.1, -0.05) is 0 Å². The lowest BCUT2D eigenvalue weighted by Gasteiger charge is -2.41. The summed E-state index contributed by atoms with van der Waals surface area (Å²) in [7, 11) is 0. The number of hydrogen-bond acceptors (Lipinski definition) is 4. The number of urea groups is 1. The highest BCUT2D eigenvalue weighted by Gasteiger charge is 2.41. The number of nitrogens with two attached hydrogens (primary N) is 1. The van der Waals surface area contributed by atoms with Crippen LogP contribution < -0.4 is 11.1 Å². The molecule has 0 aliphatic carbocycles. The fourth-order valence-electron chi connectivity index (χ4n) is 2.23. The molecule has 17 heavy (non-hydrogen) atoms. The number of carbonyl (C=O) groups is 3. The smallest absolute Gasteiger partial charge is 0.334 e. The Morgan fingerprint density at radius 1 is 1.47 bits per heavy atom. The van der Waals surface area contributed by atoms with Crippen molar-refractivity contribution in [2.75, 3.05) is 13.1 Å². The number of hydrogen-bond donors (Lipinski definition) is 2. The van der Waals surface area contributed by atoms with Gasteiger partial charge < -0.3 is 11.1 Å². The van der Waals surface area contributed by atoms with Gasteiger partial charge in [-0.3, -0.25) is 9.59 Å². The molecule has 7 nitrogen and oxygen atoms in total. The summed E-state index contributed by atoms with van der Waals surface area (Å²) >= 11 is 0. The lowest BCUT2D eigenvalue weighted by molar-refractivity contribution is -0.158. The van der Waals surface area contributed by atoms with Crippen molar-refractivity contribution < 1.29 is 14.4 Å². The van der Waals surface area contributed by atoms with E-state index < -0.39 is 12.1 Å². The molecule has 94 valence electrons. The lowest BCUT2D eigenvalue weighted by Crippen LogP contribution is -2.61. The van der Waals surface area contributed by atoms with Crippen molar-refractivity contribution in [2.24, 2.45) is 5.73 Å². The summed E-state index contributed by atoms with van der Waals surface area (Å²) < 4.78 is 0. The van der Waals surface area contributed by atoms with Gasteiger partial charge in [0.2, 0.25) is 0 Å². The number of hydrazine groups is 1. The third kappa shape index (κ3) is 1.97. The molecular weight excluding hydrogens is 224 g/mol. The van der Waals surface area contributed by atoms with Crippen molar-refractivity contribution in [3.8, 4) is 0 Å². The Hall–Kier alpha value is -1.63. The van der Waals surface area contributed by atoms with Gasteiger partial charge in [-0.15, -0.1) is 0 Å². The second kappa shape index (κ2) is 4.33. The first kappa shape index (κ1) is 11.8. The maximum absolute atomic E-state index is 12.1. The van der Waals surface area contributed by atoms with E-state index in [4.69, 9.17) is 5.73 Å². The first-order valence-electron chi connectivity index (χ1n) is 5.66. The van der Waals surface area contributed by atoms with Crippen LogP contribution in [0.25, 0.3) is 0 Å². The van der Waals surface area contributed by atoms with Gasteiger partial charge in [-0.2, -0.15) is 0 Å². The van der Waals surface area contributed by atoms with E-state index >= 15 is 0 Å². The molecule has 0 aromatic carbocycles. The molecule has 2 saturated heterocycles. The van der Waals surface area contributed by atoms with Crippen molar-refractivity contribution in [1.29, 1.82) is 0 Å². The van der Waals surface area contributed by atoms with E-state index in [-0.39, 0.29) is 24.3 Å². The average molecular weight is 240 g/mol. The molecule has 7 heteroatoms. The van der Waals surface area contributed by atoms with Crippen molar-refractivity contribution in [3.05, 3.63) is 0 Å². The van der Waals surface area contributed by atoms with Crippen LogP contribution >= 0.6 is 0 Å². The summed E-state index contributed by atoms with van der Waals surface area (Å²) in [5, 5.41) is 5.10. The molecule has 2 aliphatic heterocycles. The van der Waals surface area contributed by atoms with Crippen LogP contribution in [-0.2, 0) is 9.59 Å². The highest BCUT2D eigenvalue weighted by atomic mass is 16.2. The molecule has 0 spiro atoms. The minimum absolute atomic E-state index is 0.106. The quantitative estimate of drug-likeness (QED) is 0.604. The molecule has 2 aliphatic rings. The van der Waals surface area contributed by atoms with E-state index in [1.165, 1.54) is 16.9 Å². The summed E-state index contributed by atoms with van der Waals surface area (Å²) in [5.41, 5.74) is 5.67. The second-order valence-electron chi connectivity index (χ2n) is 4.37. The summed E-state index contributed by atoms with van der Waals surface area (Å²) in [5.74, 6) is -0.492. The first-order valence-corrected chi connectivity index (χ1v) is 5.66. The average Bonchev–Trinajstić information content (AvgIpc) is 2.42. The molecule has 0 bridgehead atoms. The van der Waals surface area contributed by atoms with Gasteiger partial charge in [0.25, 0.3) is 5.91 Å². The summed E-state index contributed by atoms with van der Waals surface area (Å²) in [6, 6.07) is -1.72. The van der Waals surface area contributed by atoms with Gasteiger partial charge in [0.15, 0.2) is 5.78 Å². The number of rotatable bonds is 1. The van der Waals surface area contributed by atoms with Gasteiger partial charge in [0, 0.05) is 13.1 Å². The van der Waals surface area contributed by atoms with Crippen LogP contribution in [-0.4, -0.2) is 52.9 Å². The summed E-state index contributed by atoms with van der Waals surface area (Å²) in [6.07, 6.45) is 1.29. The lowest BCUT2D eigenvalue weighted by atomic mass is 10.0. The van der Waals surface area contributed by atoms with Crippen molar-refractivity contribution in [1.82, 2.24) is 15.3 Å². The number of amides is 3. The molecule has 0 aromatic rings. The van der Waals surface area contributed by atoms with Crippen LogP contribution in [0.4, 0.5) is 4.79 Å². The van der Waals surface area contributed by atoms with E-state index in [9.17, 15) is 14.4 Å². The van der Waals surface area contributed by atoms with Crippen molar-refractivity contribution in [3.63, 3.8) is 0 Å². The van der Waals surface area contributed by atoms with Gasteiger partial charge >= 0.3 is 6.03 Å². The fourth-order valence-corrected chi connectivity index (χ4v) is 2.23. The monoisotopic (exact) mass is 240 g/mol. The molecule has 0 radical (unpaired) electrons. The number of fused-ring (bicyclic) bond motifs is 1. The Morgan fingerprint density at radius 3 is 2.82 bits per heavy atom. The van der Waals surface area contributed by atoms with Crippen LogP contribution in [0, 0.1) is 0 Å². The number of ketones is 1. The van der Waals surface area contributed by atoms with Crippen molar-refractivity contribution in [2.45, 2.75) is 31.8 Å². The molecule has 0 saturated carbocycles. The molecule has 3 N–H and O–H groups in total. The van der Waals surface area contributed by atoms with Gasteiger partial charge in [0.1, 0.15) is 12.1 Å². The third-order valence-electron chi connectivity index (χ3n) is 3.12. The number of carbonyl (C=O) groups excluding carboxylic acids is 3. The Morgan fingerprint density at radius 2 is 2.18 bits per heavy atom. The van der Waals surface area contributed by atoms with Crippen molar-refractivity contribution >= 4 is 17.7 Å². The molecule has 2 fully saturated rings. The molecule has 0 aromatic heterocycles. The van der Waals surface area contributed by atoms with E-state index in [0.29, 0.717) is 19.4 Å². The zero-order valence-electron chi connectivity index (χ0n) is 9.68. The van der Waals surface area contributed by atoms with E-state index in [1.54, 1.807) is 0 Å². The Balaban J connectivity index is 2.34. The molecule has 2 unspecified atom stereocenters. The molecular formula is C10H16N4O3. The van der Waals surface area contributed by atoms with Crippen LogP contribution in [0.3, 0.4) is 0 Å². The predicted octanol–water partition coefficient (Wildman–Crippen LogP) is -1.17. The van der Waals surface area contributed by atoms with Gasteiger partial charge in [-0.25, -0.2) is 14.8 Å². The Kier molecular flexibility index (Phi) is 3.01. The highest BCUT2D eigenvalue weighted by molar-refractivity contribution is 5.93. The summed E-state index contributed by atoms with van der Waals surface area (Å²) in [4.78, 5) is 35.3. The second-order valence-corrected chi connectivity index (χ2v) is 4.37. The highest BCUT2D eigenvalue weighted by Crippen LogP contribution is 2.21. The van der Waals surface area contributed by atoms with E-state index in [1.807, 2.05) is 0 Å². The fraction of sp³-hybridized carbons (Fsp3) is 0.700. The standard InChI is InChI=1S/C10H16N4O3/c1-6(15)8-3-2-4-13-10(17)12-5-7(11)9(16)14(8)13/h7-8H,2-5,11H2,1H3,(H,12,17). The molecule has 2 heterocycles. The Labute approximate surface area is 98.9 Å². The van der Waals surface area contributed by atoms with E-state index in [2.05, 4.69) is 5.32 Å². The summed E-state index contributed by atoms with van der Waals surface area (Å²) in [6.45, 7) is 1.97. The number of nitrogens with one attached hydrogen (secondary N) is 1. The maximum Gasteiger partial charge on any atom is 0.336 e. The van der Waals surface area contributed by atoms with Crippen LogP contribution in [0.15, 0.2) is 0 Å². The van der Waals surface area contributed by atoms with Crippen LogP contribution in [0.2, 0.25) is 0 Å². The van der Waals surface area contributed by atoms with Crippen LogP contribution in [0.1, 0.15) is 19.8 Å². The zero-order chi connectivity index (χ0) is 12.6.